The molecule has 0 saturated carbocycles. The Morgan fingerprint density at radius 2 is 1.91 bits per heavy atom. The molecular formula is C8H7F3. The molecule has 1 aliphatic carbocycles. The van der Waals surface area contributed by atoms with E-state index in [4.69, 9.17) is 0 Å². The maximum Gasteiger partial charge on any atom is 0.416 e. The minimum Gasteiger partial charge on any atom is -0.166 e. The van der Waals surface area contributed by atoms with Crippen LogP contribution in [0.4, 0.5) is 13.2 Å². The lowest BCUT2D eigenvalue weighted by Crippen LogP contribution is -2.09. The fourth-order valence-electron chi connectivity index (χ4n) is 0.768. The Kier molecular flexibility index (Phi) is 2.17. The van der Waals surface area contributed by atoms with Crippen molar-refractivity contribution in [2.75, 3.05) is 0 Å². The van der Waals surface area contributed by atoms with Crippen LogP contribution < -0.4 is 0 Å². The van der Waals surface area contributed by atoms with Gasteiger partial charge in [0.15, 0.2) is 0 Å². The third-order valence-corrected chi connectivity index (χ3v) is 1.31. The summed E-state index contributed by atoms with van der Waals surface area (Å²) in [6, 6.07) is 0. The lowest BCUT2D eigenvalue weighted by molar-refractivity contribution is -0.0881. The van der Waals surface area contributed by atoms with Crippen molar-refractivity contribution in [3.63, 3.8) is 0 Å². The predicted molar refractivity (Wildman–Crippen MR) is 37.0 cm³/mol. The van der Waals surface area contributed by atoms with Crippen LogP contribution in [0.15, 0.2) is 36.0 Å². The maximum atomic E-state index is 12.0. The molecule has 0 N–H and O–H groups in total. The number of alkyl halides is 3. The summed E-state index contributed by atoms with van der Waals surface area (Å²) in [5.41, 5.74) is -0.591. The molecule has 0 amide bonds. The highest BCUT2D eigenvalue weighted by atomic mass is 19.4. The second-order valence-corrected chi connectivity index (χ2v) is 2.19. The molecular weight excluding hydrogens is 153 g/mol. The van der Waals surface area contributed by atoms with Gasteiger partial charge in [-0.2, -0.15) is 13.2 Å². The Labute approximate surface area is 62.7 Å². The van der Waals surface area contributed by atoms with Gasteiger partial charge in [0.05, 0.1) is 5.57 Å². The third-order valence-electron chi connectivity index (χ3n) is 1.31. The van der Waals surface area contributed by atoms with Crippen molar-refractivity contribution < 1.29 is 13.2 Å². The largest absolute Gasteiger partial charge is 0.416 e. The Morgan fingerprint density at radius 3 is 2.55 bits per heavy atom. The molecule has 1 rings (SSSR count). The van der Waals surface area contributed by atoms with Crippen LogP contribution in [0.5, 0.6) is 0 Å². The van der Waals surface area contributed by atoms with Gasteiger partial charge in [0, 0.05) is 0 Å². The average Bonchev–Trinajstić information content (AvgIpc) is 2.10. The monoisotopic (exact) mass is 160 g/mol. The fraction of sp³-hybridized carbons (Fsp3) is 0.250. The van der Waals surface area contributed by atoms with Crippen LogP contribution in [-0.2, 0) is 0 Å². The van der Waals surface area contributed by atoms with Crippen molar-refractivity contribution in [2.24, 2.45) is 0 Å². The van der Waals surface area contributed by atoms with Gasteiger partial charge in [-0.05, 0) is 6.42 Å². The van der Waals surface area contributed by atoms with Crippen LogP contribution in [0.25, 0.3) is 0 Å². The topological polar surface area (TPSA) is 0 Å². The van der Waals surface area contributed by atoms with E-state index in [-0.39, 0.29) is 0 Å². The van der Waals surface area contributed by atoms with Gasteiger partial charge in [0.2, 0.25) is 0 Å². The molecule has 11 heavy (non-hydrogen) atoms. The number of allylic oxidation sites excluding steroid dienone is 6. The first-order chi connectivity index (χ1) is 5.11. The van der Waals surface area contributed by atoms with Crippen molar-refractivity contribution in [1.82, 2.24) is 0 Å². The average molecular weight is 160 g/mol. The van der Waals surface area contributed by atoms with E-state index in [1.807, 2.05) is 0 Å². The quantitative estimate of drug-likeness (QED) is 0.511. The molecule has 0 aliphatic heterocycles. The summed E-state index contributed by atoms with van der Waals surface area (Å²) in [4.78, 5) is 0. The second kappa shape index (κ2) is 2.95. The summed E-state index contributed by atoms with van der Waals surface area (Å²) in [5.74, 6) is 0. The molecule has 0 aromatic rings. The molecule has 60 valence electrons. The highest BCUT2D eigenvalue weighted by Gasteiger charge is 2.31. The molecule has 0 bridgehead atoms. The zero-order chi connectivity index (χ0) is 8.32. The Balaban J connectivity index is 2.86. The molecule has 0 fully saturated rings. The van der Waals surface area contributed by atoms with E-state index in [0.717, 1.165) is 12.2 Å². The van der Waals surface area contributed by atoms with Crippen molar-refractivity contribution in [2.45, 2.75) is 12.6 Å². The molecule has 0 spiro atoms. The maximum absolute atomic E-state index is 12.0. The van der Waals surface area contributed by atoms with Gasteiger partial charge in [-0.15, -0.1) is 0 Å². The lowest BCUT2D eigenvalue weighted by Gasteiger charge is -2.04. The third kappa shape index (κ3) is 2.26. The van der Waals surface area contributed by atoms with Crippen LogP contribution in [0.1, 0.15) is 6.42 Å². The van der Waals surface area contributed by atoms with Crippen LogP contribution in [0.2, 0.25) is 0 Å². The second-order valence-electron chi connectivity index (χ2n) is 2.19. The summed E-state index contributed by atoms with van der Waals surface area (Å²) >= 11 is 0. The molecule has 0 atom stereocenters. The van der Waals surface area contributed by atoms with Crippen LogP contribution in [0, 0.1) is 0 Å². The van der Waals surface area contributed by atoms with Crippen molar-refractivity contribution in [3.8, 4) is 0 Å². The molecule has 0 unspecified atom stereocenters. The van der Waals surface area contributed by atoms with E-state index in [1.54, 1.807) is 6.08 Å². The summed E-state index contributed by atoms with van der Waals surface area (Å²) in [5, 5.41) is 0. The molecule has 1 aliphatic rings. The zero-order valence-corrected chi connectivity index (χ0v) is 5.73. The van der Waals surface area contributed by atoms with Gasteiger partial charge in [-0.25, -0.2) is 0 Å². The lowest BCUT2D eigenvalue weighted by atomic mass is 10.2. The molecule has 3 heteroatoms. The zero-order valence-electron chi connectivity index (χ0n) is 5.73. The van der Waals surface area contributed by atoms with Crippen LogP contribution in [0.3, 0.4) is 0 Å². The van der Waals surface area contributed by atoms with Crippen molar-refractivity contribution in [3.05, 3.63) is 36.0 Å². The molecule has 0 saturated heterocycles. The summed E-state index contributed by atoms with van der Waals surface area (Å²) in [7, 11) is 0. The highest BCUT2D eigenvalue weighted by molar-refractivity contribution is 5.30. The standard InChI is InChI=1S/C8H7F3/c9-8(10,11)7-5-3-1-2-4-6-7/h1,3-6H,2H2. The van der Waals surface area contributed by atoms with E-state index in [0.29, 0.717) is 6.42 Å². The molecule has 0 heterocycles. The van der Waals surface area contributed by atoms with Crippen molar-refractivity contribution in [1.29, 1.82) is 0 Å². The minimum atomic E-state index is -4.22. The van der Waals surface area contributed by atoms with E-state index in [2.05, 4.69) is 0 Å². The minimum absolute atomic E-state index is 0.566. The van der Waals surface area contributed by atoms with Gasteiger partial charge < -0.3 is 0 Å². The van der Waals surface area contributed by atoms with Crippen LogP contribution >= 0.6 is 0 Å². The van der Waals surface area contributed by atoms with E-state index in [9.17, 15) is 13.2 Å². The normalized spacial score (nSPS) is 17.9. The summed E-state index contributed by atoms with van der Waals surface area (Å²) in [6.07, 6.45) is 3.10. The highest BCUT2D eigenvalue weighted by Crippen LogP contribution is 2.27. The van der Waals surface area contributed by atoms with Crippen molar-refractivity contribution >= 4 is 0 Å². The van der Waals surface area contributed by atoms with E-state index < -0.39 is 11.7 Å². The summed E-state index contributed by atoms with van der Waals surface area (Å²) < 4.78 is 35.9. The first kappa shape index (κ1) is 8.11. The first-order valence-electron chi connectivity index (χ1n) is 3.21. The number of hydrogen-bond acceptors (Lipinski definition) is 0. The Morgan fingerprint density at radius 1 is 1.18 bits per heavy atom. The SMILES string of the molecule is FC(F)(F)C1=CC=CCC=C1. The Bertz CT molecular complexity index is 218. The molecule has 0 aromatic heterocycles. The van der Waals surface area contributed by atoms with Gasteiger partial charge in [0.25, 0.3) is 0 Å². The van der Waals surface area contributed by atoms with Gasteiger partial charge >= 0.3 is 6.18 Å². The van der Waals surface area contributed by atoms with Gasteiger partial charge in [-0.3, -0.25) is 0 Å². The number of rotatable bonds is 0. The van der Waals surface area contributed by atoms with E-state index >= 15 is 0 Å². The first-order valence-corrected chi connectivity index (χ1v) is 3.21. The summed E-state index contributed by atoms with van der Waals surface area (Å²) in [6.45, 7) is 0. The number of hydrogen-bond donors (Lipinski definition) is 0. The molecule has 0 nitrogen and oxygen atoms in total. The van der Waals surface area contributed by atoms with Crippen LogP contribution in [-0.4, -0.2) is 6.18 Å². The fourth-order valence-corrected chi connectivity index (χ4v) is 0.768. The number of halogens is 3. The molecule has 0 radical (unpaired) electrons. The smallest absolute Gasteiger partial charge is 0.166 e. The van der Waals surface area contributed by atoms with E-state index in [1.165, 1.54) is 12.2 Å². The van der Waals surface area contributed by atoms with Gasteiger partial charge in [0.1, 0.15) is 0 Å². The molecule has 0 aromatic carbocycles. The van der Waals surface area contributed by atoms with Gasteiger partial charge in [-0.1, -0.05) is 30.4 Å². The predicted octanol–water partition coefficient (Wildman–Crippen LogP) is 2.99. The Hall–Kier alpha value is -0.990.